The van der Waals surface area contributed by atoms with Crippen molar-refractivity contribution in [1.82, 2.24) is 4.31 Å². The van der Waals surface area contributed by atoms with E-state index in [1.165, 1.54) is 0 Å². The lowest BCUT2D eigenvalue weighted by Gasteiger charge is -2.29. The second-order valence-corrected chi connectivity index (χ2v) is 8.38. The van der Waals surface area contributed by atoms with Crippen LogP contribution in [0.3, 0.4) is 0 Å². The number of nitrogens with two attached hydrogens (primary N) is 1. The third-order valence-corrected chi connectivity index (χ3v) is 5.85. The highest BCUT2D eigenvalue weighted by molar-refractivity contribution is 7.89. The number of nitrogens with zero attached hydrogens (tertiary/aromatic N) is 1. The predicted octanol–water partition coefficient (Wildman–Crippen LogP) is 3.17. The van der Waals surface area contributed by atoms with Crippen molar-refractivity contribution < 1.29 is 8.42 Å². The molecule has 1 saturated carbocycles. The fourth-order valence-corrected chi connectivity index (χ4v) is 5.04. The Balaban J connectivity index is 2.40. The van der Waals surface area contributed by atoms with Gasteiger partial charge in [0, 0.05) is 18.3 Å². The van der Waals surface area contributed by atoms with Gasteiger partial charge in [0.05, 0.1) is 4.90 Å². The van der Waals surface area contributed by atoms with Gasteiger partial charge in [0.15, 0.2) is 0 Å². The summed E-state index contributed by atoms with van der Waals surface area (Å²) in [6, 6.07) is 5.22. The summed E-state index contributed by atoms with van der Waals surface area (Å²) in [6.45, 7) is 6.56. The van der Waals surface area contributed by atoms with Crippen LogP contribution in [0.4, 0.5) is 5.69 Å². The van der Waals surface area contributed by atoms with Gasteiger partial charge in [0.1, 0.15) is 0 Å². The van der Waals surface area contributed by atoms with Crippen LogP contribution in [0, 0.1) is 12.8 Å². The molecule has 2 rings (SSSR count). The van der Waals surface area contributed by atoms with E-state index in [9.17, 15) is 8.42 Å². The van der Waals surface area contributed by atoms with E-state index in [0.29, 0.717) is 23.0 Å². The van der Waals surface area contributed by atoms with Crippen LogP contribution in [0.15, 0.2) is 23.1 Å². The Morgan fingerprint density at radius 3 is 2.38 bits per heavy atom. The first kappa shape index (κ1) is 16.3. The molecule has 21 heavy (non-hydrogen) atoms. The molecular formula is C16H26N2O2S. The lowest BCUT2D eigenvalue weighted by atomic mass is 10.2. The first-order valence-electron chi connectivity index (χ1n) is 7.69. The SMILES string of the molecule is Cc1cc(N)cc(S(=O)(=O)N(CC(C)C)C2CCCC2)c1. The number of benzene rings is 1. The molecule has 0 amide bonds. The number of rotatable bonds is 5. The van der Waals surface area contributed by atoms with E-state index < -0.39 is 10.0 Å². The van der Waals surface area contributed by atoms with Crippen LogP contribution >= 0.6 is 0 Å². The van der Waals surface area contributed by atoms with Crippen molar-refractivity contribution in [2.45, 2.75) is 57.4 Å². The van der Waals surface area contributed by atoms with Crippen LogP contribution in [-0.4, -0.2) is 25.3 Å². The van der Waals surface area contributed by atoms with E-state index >= 15 is 0 Å². The molecule has 2 N–H and O–H groups in total. The van der Waals surface area contributed by atoms with Gasteiger partial charge in [-0.3, -0.25) is 0 Å². The molecule has 4 nitrogen and oxygen atoms in total. The molecule has 118 valence electrons. The summed E-state index contributed by atoms with van der Waals surface area (Å²) in [5, 5.41) is 0. The van der Waals surface area contributed by atoms with E-state index in [-0.39, 0.29) is 6.04 Å². The van der Waals surface area contributed by atoms with Crippen LogP contribution in [-0.2, 0) is 10.0 Å². The van der Waals surface area contributed by atoms with Gasteiger partial charge in [0.2, 0.25) is 10.0 Å². The Bertz CT molecular complexity index is 570. The zero-order valence-corrected chi connectivity index (χ0v) is 14.0. The van der Waals surface area contributed by atoms with Crippen molar-refractivity contribution in [2.75, 3.05) is 12.3 Å². The molecule has 1 aliphatic rings. The molecular weight excluding hydrogens is 284 g/mol. The van der Waals surface area contributed by atoms with E-state index in [4.69, 9.17) is 5.73 Å². The molecule has 0 radical (unpaired) electrons. The van der Waals surface area contributed by atoms with E-state index in [2.05, 4.69) is 13.8 Å². The average molecular weight is 310 g/mol. The summed E-state index contributed by atoms with van der Waals surface area (Å²) in [5.41, 5.74) is 7.21. The predicted molar refractivity (Wildman–Crippen MR) is 86.6 cm³/mol. The zero-order chi connectivity index (χ0) is 15.6. The van der Waals surface area contributed by atoms with Crippen LogP contribution in [0.1, 0.15) is 45.1 Å². The van der Waals surface area contributed by atoms with Crippen molar-refractivity contribution in [1.29, 1.82) is 0 Å². The van der Waals surface area contributed by atoms with Crippen LogP contribution in [0.5, 0.6) is 0 Å². The van der Waals surface area contributed by atoms with Gasteiger partial charge in [0.25, 0.3) is 0 Å². The number of nitrogen functional groups attached to an aromatic ring is 1. The van der Waals surface area contributed by atoms with Crippen molar-refractivity contribution in [2.24, 2.45) is 5.92 Å². The molecule has 1 aliphatic carbocycles. The Kier molecular flexibility index (Phi) is 4.94. The van der Waals surface area contributed by atoms with Crippen molar-refractivity contribution in [3.8, 4) is 0 Å². The van der Waals surface area contributed by atoms with Crippen LogP contribution in [0.2, 0.25) is 0 Å². The summed E-state index contributed by atoms with van der Waals surface area (Å²) >= 11 is 0. The minimum Gasteiger partial charge on any atom is -0.399 e. The van der Waals surface area contributed by atoms with Gasteiger partial charge in [-0.25, -0.2) is 8.42 Å². The fraction of sp³-hybridized carbons (Fsp3) is 0.625. The first-order chi connectivity index (χ1) is 9.80. The van der Waals surface area contributed by atoms with Gasteiger partial charge in [-0.1, -0.05) is 26.7 Å². The van der Waals surface area contributed by atoms with Crippen LogP contribution in [0.25, 0.3) is 0 Å². The Morgan fingerprint density at radius 2 is 1.86 bits per heavy atom. The minimum absolute atomic E-state index is 0.138. The first-order valence-corrected chi connectivity index (χ1v) is 9.13. The molecule has 0 atom stereocenters. The average Bonchev–Trinajstić information content (AvgIpc) is 2.87. The Hall–Kier alpha value is -1.07. The third-order valence-electron chi connectivity index (χ3n) is 3.96. The summed E-state index contributed by atoms with van der Waals surface area (Å²) in [7, 11) is -3.47. The fourth-order valence-electron chi connectivity index (χ4n) is 3.06. The maximum Gasteiger partial charge on any atom is 0.243 e. The second-order valence-electron chi connectivity index (χ2n) is 6.49. The largest absolute Gasteiger partial charge is 0.399 e. The van der Waals surface area contributed by atoms with E-state index in [1.54, 1.807) is 22.5 Å². The molecule has 1 fully saturated rings. The number of hydrogen-bond donors (Lipinski definition) is 1. The quantitative estimate of drug-likeness (QED) is 0.850. The molecule has 5 heteroatoms. The molecule has 0 unspecified atom stereocenters. The van der Waals surface area contributed by atoms with Gasteiger partial charge in [-0.2, -0.15) is 4.31 Å². The number of hydrogen-bond acceptors (Lipinski definition) is 3. The number of anilines is 1. The lowest BCUT2D eigenvalue weighted by Crippen LogP contribution is -2.41. The molecule has 0 saturated heterocycles. The highest BCUT2D eigenvalue weighted by Gasteiger charge is 2.33. The van der Waals surface area contributed by atoms with Gasteiger partial charge in [-0.05, 0) is 49.4 Å². The normalized spacial score (nSPS) is 17.0. The van der Waals surface area contributed by atoms with E-state index in [1.807, 2.05) is 6.92 Å². The summed E-state index contributed by atoms with van der Waals surface area (Å²) in [6.07, 6.45) is 4.16. The molecule has 0 bridgehead atoms. The molecule has 1 aromatic rings. The molecule has 0 aromatic heterocycles. The highest BCUT2D eigenvalue weighted by atomic mass is 32.2. The maximum atomic E-state index is 13.0. The zero-order valence-electron chi connectivity index (χ0n) is 13.2. The van der Waals surface area contributed by atoms with Gasteiger partial charge >= 0.3 is 0 Å². The Morgan fingerprint density at radius 1 is 1.24 bits per heavy atom. The highest BCUT2D eigenvalue weighted by Crippen LogP contribution is 2.30. The summed E-state index contributed by atoms with van der Waals surface area (Å²) < 4.78 is 27.8. The summed E-state index contributed by atoms with van der Waals surface area (Å²) in [5.74, 6) is 0.308. The minimum atomic E-state index is -3.47. The maximum absolute atomic E-state index is 13.0. The summed E-state index contributed by atoms with van der Waals surface area (Å²) in [4.78, 5) is 0.326. The topological polar surface area (TPSA) is 63.4 Å². The van der Waals surface area contributed by atoms with Gasteiger partial charge in [-0.15, -0.1) is 0 Å². The molecule has 0 aliphatic heterocycles. The smallest absolute Gasteiger partial charge is 0.243 e. The molecule has 0 spiro atoms. The molecule has 0 heterocycles. The van der Waals surface area contributed by atoms with E-state index in [0.717, 1.165) is 31.2 Å². The standard InChI is InChI=1S/C16H26N2O2S/c1-12(2)11-18(15-6-4-5-7-15)21(19,20)16-9-13(3)8-14(17)10-16/h8-10,12,15H,4-7,11,17H2,1-3H3. The lowest BCUT2D eigenvalue weighted by molar-refractivity contribution is 0.292. The van der Waals surface area contributed by atoms with Crippen LogP contribution < -0.4 is 5.73 Å². The number of sulfonamides is 1. The third kappa shape index (κ3) is 3.77. The van der Waals surface area contributed by atoms with Gasteiger partial charge < -0.3 is 5.73 Å². The molecule has 1 aromatic carbocycles. The second kappa shape index (κ2) is 6.36. The van der Waals surface area contributed by atoms with Crippen molar-refractivity contribution >= 4 is 15.7 Å². The Labute approximate surface area is 128 Å². The monoisotopic (exact) mass is 310 g/mol. The number of aryl methyl sites for hydroxylation is 1. The van der Waals surface area contributed by atoms with Crippen molar-refractivity contribution in [3.05, 3.63) is 23.8 Å². The van der Waals surface area contributed by atoms with Crippen molar-refractivity contribution in [3.63, 3.8) is 0 Å².